The lowest BCUT2D eigenvalue weighted by Gasteiger charge is -2.41. The Morgan fingerprint density at radius 3 is 2.54 bits per heavy atom. The van der Waals surface area contributed by atoms with Crippen LogP contribution in [0.1, 0.15) is 30.9 Å². The smallest absolute Gasteiger partial charge is 0.313 e. The Bertz CT molecular complexity index is 714. The summed E-state index contributed by atoms with van der Waals surface area (Å²) in [5.41, 5.74) is 1.82. The molecular weight excluding hydrogens is 326 g/mol. The number of nitrogens with zero attached hydrogens (tertiary/aromatic N) is 1. The molecule has 4 heteroatoms. The first-order valence-electron chi connectivity index (χ1n) is 9.33. The van der Waals surface area contributed by atoms with Crippen molar-refractivity contribution in [3.8, 4) is 5.75 Å². The summed E-state index contributed by atoms with van der Waals surface area (Å²) in [5, 5.41) is 9.47. The molecule has 0 unspecified atom stereocenters. The third-order valence-electron chi connectivity index (χ3n) is 5.09. The molecule has 1 atom stereocenters. The van der Waals surface area contributed by atoms with Crippen LogP contribution >= 0.6 is 0 Å². The van der Waals surface area contributed by atoms with Gasteiger partial charge in [-0.25, -0.2) is 0 Å². The molecule has 0 aliphatic carbocycles. The predicted octanol–water partition coefficient (Wildman–Crippen LogP) is 3.78. The molecule has 4 nitrogen and oxygen atoms in total. The van der Waals surface area contributed by atoms with Gasteiger partial charge in [0.05, 0.1) is 12.0 Å². The van der Waals surface area contributed by atoms with Gasteiger partial charge in [0, 0.05) is 13.1 Å². The van der Waals surface area contributed by atoms with E-state index in [2.05, 4.69) is 17.0 Å². The van der Waals surface area contributed by atoms with Gasteiger partial charge in [0.15, 0.2) is 0 Å². The number of esters is 1. The Morgan fingerprint density at radius 2 is 1.85 bits per heavy atom. The number of ether oxygens (including phenoxy) is 1. The Balaban J connectivity index is 1.78. The second-order valence-electron chi connectivity index (χ2n) is 7.14. The van der Waals surface area contributed by atoms with Gasteiger partial charge in [-0.3, -0.25) is 9.69 Å². The van der Waals surface area contributed by atoms with Crippen LogP contribution in [0, 0.1) is 5.41 Å². The Morgan fingerprint density at radius 1 is 1.12 bits per heavy atom. The number of likely N-dealkylation sites (tertiary alicyclic amines) is 1. The fraction of sp³-hybridized carbons (Fsp3) is 0.409. The number of rotatable bonds is 6. The molecule has 1 aliphatic heterocycles. The number of carbonyl (C=O) groups excluding carboxylic acids is 1. The molecule has 0 amide bonds. The first-order valence-corrected chi connectivity index (χ1v) is 9.33. The van der Waals surface area contributed by atoms with Gasteiger partial charge in [0.25, 0.3) is 0 Å². The Kier molecular flexibility index (Phi) is 5.94. The summed E-state index contributed by atoms with van der Waals surface area (Å²) in [6, 6.07) is 17.5. The number of carbonyl (C=O) groups is 1. The summed E-state index contributed by atoms with van der Waals surface area (Å²) in [5.74, 6) is 0.191. The number of benzene rings is 2. The van der Waals surface area contributed by atoms with Crippen LogP contribution in [0.4, 0.5) is 0 Å². The molecule has 3 rings (SSSR count). The van der Waals surface area contributed by atoms with Crippen LogP contribution in [-0.4, -0.2) is 35.7 Å². The van der Waals surface area contributed by atoms with Crippen LogP contribution in [-0.2, 0) is 22.5 Å². The highest BCUT2D eigenvalue weighted by Gasteiger charge is 2.43. The van der Waals surface area contributed by atoms with Gasteiger partial charge in [0.1, 0.15) is 5.75 Å². The first kappa shape index (κ1) is 18.5. The number of phenolic OH excluding ortho intramolecular Hbond substituents is 1. The molecule has 0 aromatic heterocycles. The Hall–Kier alpha value is -2.33. The van der Waals surface area contributed by atoms with E-state index in [0.717, 1.165) is 31.5 Å². The van der Waals surface area contributed by atoms with Crippen molar-refractivity contribution in [1.29, 1.82) is 0 Å². The van der Waals surface area contributed by atoms with Gasteiger partial charge < -0.3 is 9.84 Å². The van der Waals surface area contributed by atoms with Crippen molar-refractivity contribution in [3.63, 3.8) is 0 Å². The van der Waals surface area contributed by atoms with E-state index in [1.54, 1.807) is 12.1 Å². The van der Waals surface area contributed by atoms with E-state index >= 15 is 0 Å². The average molecular weight is 353 g/mol. The van der Waals surface area contributed by atoms with Crippen molar-refractivity contribution in [3.05, 3.63) is 65.7 Å². The molecule has 1 aliphatic rings. The molecule has 1 saturated heterocycles. The summed E-state index contributed by atoms with van der Waals surface area (Å²) in [4.78, 5) is 15.2. The lowest BCUT2D eigenvalue weighted by atomic mass is 9.75. The number of phenols is 1. The Labute approximate surface area is 155 Å². The van der Waals surface area contributed by atoms with E-state index < -0.39 is 5.41 Å². The summed E-state index contributed by atoms with van der Waals surface area (Å²) < 4.78 is 5.47. The zero-order valence-corrected chi connectivity index (χ0v) is 15.4. The largest absolute Gasteiger partial charge is 0.508 e. The van der Waals surface area contributed by atoms with Crippen molar-refractivity contribution in [1.82, 2.24) is 4.90 Å². The van der Waals surface area contributed by atoms with Crippen LogP contribution < -0.4 is 0 Å². The average Bonchev–Trinajstić information content (AvgIpc) is 2.65. The van der Waals surface area contributed by atoms with Crippen molar-refractivity contribution in [2.75, 3.05) is 19.7 Å². The highest BCUT2D eigenvalue weighted by Crippen LogP contribution is 2.36. The zero-order valence-electron chi connectivity index (χ0n) is 15.4. The van der Waals surface area contributed by atoms with Crippen molar-refractivity contribution >= 4 is 5.97 Å². The number of aromatic hydroxyl groups is 1. The van der Waals surface area contributed by atoms with Gasteiger partial charge >= 0.3 is 5.97 Å². The van der Waals surface area contributed by atoms with E-state index in [9.17, 15) is 9.90 Å². The molecule has 1 N–H and O–H groups in total. The maximum absolute atomic E-state index is 12.9. The number of piperidine rings is 1. The molecule has 0 saturated carbocycles. The minimum Gasteiger partial charge on any atom is -0.508 e. The monoisotopic (exact) mass is 353 g/mol. The molecule has 1 fully saturated rings. The highest BCUT2D eigenvalue weighted by atomic mass is 16.5. The SMILES string of the molecule is CCOC(=O)[C@]1(Cc2ccccc2)CCCN(Cc2ccc(O)cc2)C1. The molecule has 0 radical (unpaired) electrons. The normalized spacial score (nSPS) is 20.7. The maximum Gasteiger partial charge on any atom is 0.313 e. The third kappa shape index (κ3) is 4.44. The number of hydrogen-bond acceptors (Lipinski definition) is 4. The minimum absolute atomic E-state index is 0.0840. The van der Waals surface area contributed by atoms with Crippen molar-refractivity contribution in [2.45, 2.75) is 32.7 Å². The maximum atomic E-state index is 12.9. The summed E-state index contributed by atoms with van der Waals surface area (Å²) in [6.07, 6.45) is 2.54. The quantitative estimate of drug-likeness (QED) is 0.803. The summed E-state index contributed by atoms with van der Waals surface area (Å²) in [7, 11) is 0. The fourth-order valence-electron chi connectivity index (χ4n) is 3.88. The van der Waals surface area contributed by atoms with Gasteiger partial charge in [-0.05, 0) is 56.0 Å². The molecule has 138 valence electrons. The van der Waals surface area contributed by atoms with Crippen LogP contribution in [0.15, 0.2) is 54.6 Å². The lowest BCUT2D eigenvalue weighted by molar-refractivity contribution is -0.159. The van der Waals surface area contributed by atoms with E-state index in [-0.39, 0.29) is 11.7 Å². The summed E-state index contributed by atoms with van der Waals surface area (Å²) in [6.45, 7) is 4.72. The van der Waals surface area contributed by atoms with Gasteiger partial charge in [-0.1, -0.05) is 42.5 Å². The second-order valence-corrected chi connectivity index (χ2v) is 7.14. The van der Waals surface area contributed by atoms with Crippen molar-refractivity contribution < 1.29 is 14.6 Å². The van der Waals surface area contributed by atoms with Crippen LogP contribution in [0.25, 0.3) is 0 Å². The predicted molar refractivity (Wildman–Crippen MR) is 102 cm³/mol. The molecule has 2 aromatic carbocycles. The standard InChI is InChI=1S/C22H27NO3/c1-2-26-21(25)22(15-18-7-4-3-5-8-18)13-6-14-23(17-22)16-19-9-11-20(24)12-10-19/h3-5,7-12,24H,2,6,13-17H2,1H3/t22-/m0/s1. The molecular formula is C22H27NO3. The molecule has 1 heterocycles. The van der Waals surface area contributed by atoms with Crippen LogP contribution in [0.5, 0.6) is 5.75 Å². The van der Waals surface area contributed by atoms with E-state index in [1.165, 1.54) is 5.56 Å². The van der Waals surface area contributed by atoms with Crippen LogP contribution in [0.3, 0.4) is 0 Å². The van der Waals surface area contributed by atoms with E-state index in [1.807, 2.05) is 37.3 Å². The summed E-state index contributed by atoms with van der Waals surface area (Å²) >= 11 is 0. The topological polar surface area (TPSA) is 49.8 Å². The highest BCUT2D eigenvalue weighted by molar-refractivity contribution is 5.77. The van der Waals surface area contributed by atoms with Crippen molar-refractivity contribution in [2.24, 2.45) is 5.41 Å². The van der Waals surface area contributed by atoms with E-state index in [0.29, 0.717) is 19.6 Å². The number of hydrogen-bond donors (Lipinski definition) is 1. The molecule has 0 spiro atoms. The minimum atomic E-state index is -0.494. The second kappa shape index (κ2) is 8.37. The molecule has 2 aromatic rings. The van der Waals surface area contributed by atoms with Gasteiger partial charge in [-0.2, -0.15) is 0 Å². The van der Waals surface area contributed by atoms with Gasteiger partial charge in [0.2, 0.25) is 0 Å². The third-order valence-corrected chi connectivity index (χ3v) is 5.09. The lowest BCUT2D eigenvalue weighted by Crippen LogP contribution is -2.49. The van der Waals surface area contributed by atoms with Gasteiger partial charge in [-0.15, -0.1) is 0 Å². The molecule has 0 bridgehead atoms. The fourth-order valence-corrected chi connectivity index (χ4v) is 3.88. The van der Waals surface area contributed by atoms with E-state index in [4.69, 9.17) is 4.74 Å². The zero-order chi connectivity index (χ0) is 18.4. The first-order chi connectivity index (χ1) is 12.6. The molecule has 26 heavy (non-hydrogen) atoms. The van der Waals surface area contributed by atoms with Crippen LogP contribution in [0.2, 0.25) is 0 Å².